The Kier molecular flexibility index (Phi) is 2.85. The van der Waals surface area contributed by atoms with E-state index in [1.807, 2.05) is 29.7 Å². The molecule has 2 heterocycles. The van der Waals surface area contributed by atoms with Crippen molar-refractivity contribution in [1.29, 1.82) is 0 Å². The van der Waals surface area contributed by atoms with Crippen molar-refractivity contribution in [1.82, 2.24) is 18.3 Å². The standard InChI is InChI=1S/C14H9ClN4S2/c1-7-2-5-11-10(6-7)16-14(20)19(11)13-8(15)3-4-9-12(13)18-21-17-9/h2-6H,1H3,(H,16,20). The first-order chi connectivity index (χ1) is 10.1. The van der Waals surface area contributed by atoms with Gasteiger partial charge in [-0.25, -0.2) is 0 Å². The molecule has 21 heavy (non-hydrogen) atoms. The van der Waals surface area contributed by atoms with Gasteiger partial charge in [0.05, 0.1) is 33.5 Å². The number of hydrogen-bond acceptors (Lipinski definition) is 4. The van der Waals surface area contributed by atoms with E-state index in [1.54, 1.807) is 0 Å². The van der Waals surface area contributed by atoms with Crippen molar-refractivity contribution in [3.05, 3.63) is 45.7 Å². The van der Waals surface area contributed by atoms with Crippen LogP contribution < -0.4 is 0 Å². The van der Waals surface area contributed by atoms with Gasteiger partial charge in [-0.15, -0.1) is 0 Å². The Labute approximate surface area is 134 Å². The number of fused-ring (bicyclic) bond motifs is 2. The van der Waals surface area contributed by atoms with Crippen LogP contribution in [0.1, 0.15) is 5.56 Å². The van der Waals surface area contributed by atoms with Crippen molar-refractivity contribution in [3.8, 4) is 5.69 Å². The van der Waals surface area contributed by atoms with Crippen molar-refractivity contribution in [2.75, 3.05) is 0 Å². The number of imidazole rings is 1. The average molecular weight is 333 g/mol. The summed E-state index contributed by atoms with van der Waals surface area (Å²) in [6, 6.07) is 9.85. The third kappa shape index (κ3) is 1.91. The third-order valence-corrected chi connectivity index (χ3v) is 4.55. The van der Waals surface area contributed by atoms with Gasteiger partial charge in [-0.1, -0.05) is 17.7 Å². The molecule has 1 N–H and O–H groups in total. The summed E-state index contributed by atoms with van der Waals surface area (Å²) >= 11 is 13.1. The number of aromatic amines is 1. The Hall–Kier alpha value is -1.76. The zero-order valence-corrected chi connectivity index (χ0v) is 13.3. The number of hydrogen-bond donors (Lipinski definition) is 1. The zero-order valence-electron chi connectivity index (χ0n) is 10.9. The van der Waals surface area contributed by atoms with Crippen LogP contribution in [0.2, 0.25) is 5.02 Å². The highest BCUT2D eigenvalue weighted by atomic mass is 35.5. The summed E-state index contributed by atoms with van der Waals surface area (Å²) in [5.41, 5.74) is 5.51. The molecule has 0 spiro atoms. The Morgan fingerprint density at radius 3 is 2.95 bits per heavy atom. The molecular weight excluding hydrogens is 324 g/mol. The lowest BCUT2D eigenvalue weighted by Gasteiger charge is -2.07. The molecule has 0 aliphatic heterocycles. The van der Waals surface area contributed by atoms with Crippen LogP contribution >= 0.6 is 35.5 Å². The summed E-state index contributed by atoms with van der Waals surface area (Å²) in [5, 5.41) is 0.604. The minimum atomic E-state index is 0.595. The molecule has 2 aromatic carbocycles. The smallest absolute Gasteiger partial charge is 0.182 e. The molecule has 0 saturated heterocycles. The second kappa shape index (κ2) is 4.62. The highest BCUT2D eigenvalue weighted by molar-refractivity contribution is 7.71. The molecule has 0 saturated carbocycles. The van der Waals surface area contributed by atoms with Crippen molar-refractivity contribution in [2.45, 2.75) is 6.92 Å². The Bertz CT molecular complexity index is 1040. The predicted molar refractivity (Wildman–Crippen MR) is 89.2 cm³/mol. The average Bonchev–Trinajstić information content (AvgIpc) is 3.02. The van der Waals surface area contributed by atoms with E-state index < -0.39 is 0 Å². The lowest BCUT2D eigenvalue weighted by molar-refractivity contribution is 1.07. The lowest BCUT2D eigenvalue weighted by Crippen LogP contribution is -1.96. The van der Waals surface area contributed by atoms with Crippen LogP contribution in [0, 0.1) is 11.7 Å². The van der Waals surface area contributed by atoms with Crippen LogP contribution in [0.5, 0.6) is 0 Å². The number of nitrogens with zero attached hydrogens (tertiary/aromatic N) is 3. The van der Waals surface area contributed by atoms with E-state index in [4.69, 9.17) is 23.8 Å². The molecule has 2 aromatic heterocycles. The molecule has 4 nitrogen and oxygen atoms in total. The number of nitrogens with one attached hydrogen (secondary N) is 1. The molecule has 0 radical (unpaired) electrons. The fourth-order valence-corrected chi connectivity index (χ4v) is 3.55. The highest BCUT2D eigenvalue weighted by Crippen LogP contribution is 2.31. The molecule has 0 bridgehead atoms. The van der Waals surface area contributed by atoms with E-state index in [1.165, 1.54) is 17.3 Å². The molecule has 0 fully saturated rings. The number of aromatic nitrogens is 4. The highest BCUT2D eigenvalue weighted by Gasteiger charge is 2.15. The molecule has 0 aliphatic rings. The van der Waals surface area contributed by atoms with Crippen molar-refractivity contribution in [3.63, 3.8) is 0 Å². The third-order valence-electron chi connectivity index (χ3n) is 3.41. The van der Waals surface area contributed by atoms with Gasteiger partial charge in [-0.3, -0.25) is 4.57 Å². The Morgan fingerprint density at radius 1 is 1.24 bits per heavy atom. The van der Waals surface area contributed by atoms with Crippen LogP contribution in [-0.2, 0) is 0 Å². The van der Waals surface area contributed by atoms with Gasteiger partial charge in [0.2, 0.25) is 0 Å². The second-order valence-electron chi connectivity index (χ2n) is 4.81. The van der Waals surface area contributed by atoms with Crippen molar-refractivity contribution in [2.24, 2.45) is 0 Å². The van der Waals surface area contributed by atoms with E-state index >= 15 is 0 Å². The summed E-state index contributed by atoms with van der Waals surface area (Å²) in [4.78, 5) is 3.22. The SMILES string of the molecule is Cc1ccc2c(c1)[nH]c(=S)n2-c1c(Cl)ccc2nsnc12. The van der Waals surface area contributed by atoms with Crippen molar-refractivity contribution >= 4 is 57.6 Å². The number of H-pyrrole nitrogens is 1. The second-order valence-corrected chi connectivity index (χ2v) is 6.14. The predicted octanol–water partition coefficient (Wildman–Crippen LogP) is 4.65. The number of halogens is 1. The molecule has 7 heteroatoms. The monoisotopic (exact) mass is 332 g/mol. The molecular formula is C14H9ClN4S2. The van der Waals surface area contributed by atoms with Gasteiger partial charge in [-0.05, 0) is 49.0 Å². The van der Waals surface area contributed by atoms with E-state index in [0.717, 1.165) is 27.8 Å². The molecule has 0 unspecified atom stereocenters. The van der Waals surface area contributed by atoms with Crippen LogP contribution in [0.3, 0.4) is 0 Å². The van der Waals surface area contributed by atoms with Gasteiger partial charge in [0.1, 0.15) is 11.0 Å². The van der Waals surface area contributed by atoms with E-state index in [9.17, 15) is 0 Å². The summed E-state index contributed by atoms with van der Waals surface area (Å²) in [5.74, 6) is 0. The number of rotatable bonds is 1. The van der Waals surface area contributed by atoms with E-state index in [-0.39, 0.29) is 0 Å². The topological polar surface area (TPSA) is 46.5 Å². The van der Waals surface area contributed by atoms with Crippen LogP contribution in [0.4, 0.5) is 0 Å². The molecule has 4 rings (SSSR count). The Morgan fingerprint density at radius 2 is 2.10 bits per heavy atom. The van der Waals surface area contributed by atoms with Gasteiger partial charge < -0.3 is 4.98 Å². The maximum absolute atomic E-state index is 6.41. The summed E-state index contributed by atoms with van der Waals surface area (Å²) in [6.45, 7) is 2.05. The first kappa shape index (κ1) is 12.9. The van der Waals surface area contributed by atoms with Gasteiger partial charge in [0.15, 0.2) is 4.77 Å². The quantitative estimate of drug-likeness (QED) is 0.516. The molecule has 0 amide bonds. The van der Waals surface area contributed by atoms with Gasteiger partial charge in [0.25, 0.3) is 0 Å². The van der Waals surface area contributed by atoms with Gasteiger partial charge >= 0.3 is 0 Å². The van der Waals surface area contributed by atoms with Crippen molar-refractivity contribution < 1.29 is 0 Å². The molecule has 0 aliphatic carbocycles. The van der Waals surface area contributed by atoms with Crippen LogP contribution in [0.25, 0.3) is 27.8 Å². The first-order valence-electron chi connectivity index (χ1n) is 6.28. The maximum atomic E-state index is 6.41. The Balaban J connectivity index is 2.19. The molecule has 104 valence electrons. The molecule has 0 atom stereocenters. The normalized spacial score (nSPS) is 11.5. The molecule has 4 aromatic rings. The maximum Gasteiger partial charge on any atom is 0.182 e. The van der Waals surface area contributed by atoms with Crippen LogP contribution in [-0.4, -0.2) is 18.3 Å². The zero-order chi connectivity index (χ0) is 14.6. The van der Waals surface area contributed by atoms with Gasteiger partial charge in [-0.2, -0.15) is 8.75 Å². The minimum Gasteiger partial charge on any atom is -0.330 e. The number of benzene rings is 2. The van der Waals surface area contributed by atoms with Crippen LogP contribution in [0.15, 0.2) is 30.3 Å². The van der Waals surface area contributed by atoms with E-state index in [0.29, 0.717) is 9.79 Å². The van der Waals surface area contributed by atoms with Gasteiger partial charge in [0, 0.05) is 0 Å². The first-order valence-corrected chi connectivity index (χ1v) is 7.79. The number of aryl methyl sites for hydroxylation is 1. The summed E-state index contributed by atoms with van der Waals surface area (Å²) in [7, 11) is 0. The summed E-state index contributed by atoms with van der Waals surface area (Å²) < 4.78 is 11.2. The lowest BCUT2D eigenvalue weighted by atomic mass is 10.2. The van der Waals surface area contributed by atoms with E-state index in [2.05, 4.69) is 25.9 Å². The minimum absolute atomic E-state index is 0.595. The summed E-state index contributed by atoms with van der Waals surface area (Å²) in [6.07, 6.45) is 0. The fraction of sp³-hybridized carbons (Fsp3) is 0.0714. The largest absolute Gasteiger partial charge is 0.330 e. The fourth-order valence-electron chi connectivity index (χ4n) is 2.47.